The number of hydrogen-bond donors (Lipinski definition) is 2. The maximum Gasteiger partial charge on any atom is 0.0972 e. The van der Waals surface area contributed by atoms with Gasteiger partial charge in [-0.2, -0.15) is 0 Å². The molecule has 2 rings (SSSR count). The molecule has 0 aliphatic carbocycles. The maximum atomic E-state index is 9.92. The van der Waals surface area contributed by atoms with Crippen LogP contribution in [0.3, 0.4) is 0 Å². The van der Waals surface area contributed by atoms with Crippen molar-refractivity contribution in [3.63, 3.8) is 0 Å². The molecule has 2 heteroatoms. The molecule has 0 bridgehead atoms. The highest BCUT2D eigenvalue weighted by Crippen LogP contribution is 2.18. The van der Waals surface area contributed by atoms with Crippen molar-refractivity contribution in [1.82, 2.24) is 0 Å². The van der Waals surface area contributed by atoms with Gasteiger partial charge in [0.2, 0.25) is 0 Å². The van der Waals surface area contributed by atoms with E-state index in [1.807, 2.05) is 60.7 Å². The van der Waals surface area contributed by atoms with E-state index in [0.29, 0.717) is 0 Å². The second-order valence-corrected chi connectivity index (χ2v) is 4.10. The molecule has 92 valence electrons. The van der Waals surface area contributed by atoms with Crippen molar-refractivity contribution in [3.05, 3.63) is 83.9 Å². The predicted molar refractivity (Wildman–Crippen MR) is 71.9 cm³/mol. The van der Waals surface area contributed by atoms with Crippen molar-refractivity contribution in [3.8, 4) is 0 Å². The first-order valence-corrected chi connectivity index (χ1v) is 5.92. The summed E-state index contributed by atoms with van der Waals surface area (Å²) in [6, 6.07) is 18.7. The van der Waals surface area contributed by atoms with E-state index in [0.717, 1.165) is 11.1 Å². The number of aliphatic hydroxyl groups excluding tert-OH is 2. The lowest BCUT2D eigenvalue weighted by Crippen LogP contribution is -1.96. The van der Waals surface area contributed by atoms with Gasteiger partial charge in [-0.1, -0.05) is 72.8 Å². The second kappa shape index (κ2) is 6.15. The van der Waals surface area contributed by atoms with Crippen LogP contribution in [0.4, 0.5) is 0 Å². The first kappa shape index (κ1) is 12.6. The third-order valence-electron chi connectivity index (χ3n) is 2.76. The largest absolute Gasteiger partial charge is 0.384 e. The first-order valence-electron chi connectivity index (χ1n) is 5.92. The average Bonchev–Trinajstić information content (AvgIpc) is 2.46. The zero-order chi connectivity index (χ0) is 12.8. The highest BCUT2D eigenvalue weighted by molar-refractivity contribution is 5.24. The zero-order valence-electron chi connectivity index (χ0n) is 9.98. The van der Waals surface area contributed by atoms with Crippen LogP contribution in [0.5, 0.6) is 0 Å². The van der Waals surface area contributed by atoms with Gasteiger partial charge in [0, 0.05) is 0 Å². The summed E-state index contributed by atoms with van der Waals surface area (Å²) >= 11 is 0. The Hall–Kier alpha value is -1.90. The van der Waals surface area contributed by atoms with Gasteiger partial charge in [-0.05, 0) is 11.1 Å². The van der Waals surface area contributed by atoms with Crippen LogP contribution in [-0.2, 0) is 0 Å². The molecule has 2 aromatic rings. The van der Waals surface area contributed by atoms with Crippen LogP contribution in [0.2, 0.25) is 0 Å². The topological polar surface area (TPSA) is 40.5 Å². The lowest BCUT2D eigenvalue weighted by atomic mass is 10.1. The van der Waals surface area contributed by atoms with E-state index in [1.165, 1.54) is 0 Å². The number of benzene rings is 2. The van der Waals surface area contributed by atoms with E-state index < -0.39 is 12.2 Å². The Kier molecular flexibility index (Phi) is 4.29. The average molecular weight is 240 g/mol. The fourth-order valence-corrected chi connectivity index (χ4v) is 1.73. The van der Waals surface area contributed by atoms with Gasteiger partial charge >= 0.3 is 0 Å². The van der Waals surface area contributed by atoms with Gasteiger partial charge in [0.1, 0.15) is 0 Å². The molecule has 18 heavy (non-hydrogen) atoms. The van der Waals surface area contributed by atoms with E-state index in [1.54, 1.807) is 12.2 Å². The SMILES string of the molecule is OC(C=CC(O)c1ccccc1)c1ccccc1. The lowest BCUT2D eigenvalue weighted by Gasteiger charge is -2.08. The normalized spacial score (nSPS) is 14.6. The van der Waals surface area contributed by atoms with Gasteiger partial charge in [0.15, 0.2) is 0 Å². The molecule has 0 aliphatic rings. The highest BCUT2D eigenvalue weighted by atomic mass is 16.3. The standard InChI is InChI=1S/C16H16O2/c17-15(13-7-3-1-4-8-13)11-12-16(18)14-9-5-2-6-10-14/h1-12,15-18H. The summed E-state index contributed by atoms with van der Waals surface area (Å²) < 4.78 is 0. The molecular formula is C16H16O2. The Bertz CT molecular complexity index is 444. The molecule has 2 unspecified atom stereocenters. The van der Waals surface area contributed by atoms with Crippen LogP contribution >= 0.6 is 0 Å². The van der Waals surface area contributed by atoms with Gasteiger partial charge in [0.05, 0.1) is 12.2 Å². The predicted octanol–water partition coefficient (Wildman–Crippen LogP) is 3.01. The Balaban J connectivity index is 2.03. The van der Waals surface area contributed by atoms with Crippen LogP contribution in [0.25, 0.3) is 0 Å². The van der Waals surface area contributed by atoms with Crippen molar-refractivity contribution in [2.75, 3.05) is 0 Å². The summed E-state index contributed by atoms with van der Waals surface area (Å²) in [4.78, 5) is 0. The second-order valence-electron chi connectivity index (χ2n) is 4.10. The molecule has 2 atom stereocenters. The molecule has 0 heterocycles. The van der Waals surface area contributed by atoms with Gasteiger partial charge in [-0.15, -0.1) is 0 Å². The number of rotatable bonds is 4. The van der Waals surface area contributed by atoms with Crippen LogP contribution in [0.1, 0.15) is 23.3 Å². The van der Waals surface area contributed by atoms with E-state index >= 15 is 0 Å². The summed E-state index contributed by atoms with van der Waals surface area (Å²) in [5.41, 5.74) is 1.63. The molecule has 0 radical (unpaired) electrons. The summed E-state index contributed by atoms with van der Waals surface area (Å²) in [6.07, 6.45) is 1.83. The Morgan fingerprint density at radius 3 is 1.28 bits per heavy atom. The highest BCUT2D eigenvalue weighted by Gasteiger charge is 2.05. The molecular weight excluding hydrogens is 224 g/mol. The number of aliphatic hydroxyl groups is 2. The minimum Gasteiger partial charge on any atom is -0.384 e. The van der Waals surface area contributed by atoms with Gasteiger partial charge in [0.25, 0.3) is 0 Å². The van der Waals surface area contributed by atoms with Crippen molar-refractivity contribution < 1.29 is 10.2 Å². The summed E-state index contributed by atoms with van der Waals surface area (Å²) in [5, 5.41) is 19.8. The number of hydrogen-bond acceptors (Lipinski definition) is 2. The Labute approximate surface area is 107 Å². The van der Waals surface area contributed by atoms with E-state index in [-0.39, 0.29) is 0 Å². The summed E-state index contributed by atoms with van der Waals surface area (Å²) in [7, 11) is 0. The van der Waals surface area contributed by atoms with Crippen LogP contribution < -0.4 is 0 Å². The summed E-state index contributed by atoms with van der Waals surface area (Å²) in [5.74, 6) is 0. The van der Waals surface area contributed by atoms with Gasteiger partial charge in [-0.3, -0.25) is 0 Å². The van der Waals surface area contributed by atoms with E-state index in [9.17, 15) is 10.2 Å². The van der Waals surface area contributed by atoms with Crippen molar-refractivity contribution >= 4 is 0 Å². The molecule has 2 aromatic carbocycles. The molecule has 0 saturated heterocycles. The molecule has 0 aliphatic heterocycles. The third-order valence-corrected chi connectivity index (χ3v) is 2.76. The Morgan fingerprint density at radius 2 is 0.944 bits per heavy atom. The molecule has 0 fully saturated rings. The zero-order valence-corrected chi connectivity index (χ0v) is 9.98. The van der Waals surface area contributed by atoms with Crippen molar-refractivity contribution in [2.24, 2.45) is 0 Å². The monoisotopic (exact) mass is 240 g/mol. The smallest absolute Gasteiger partial charge is 0.0972 e. The third kappa shape index (κ3) is 3.29. The minimum atomic E-state index is -0.690. The van der Waals surface area contributed by atoms with Crippen molar-refractivity contribution in [2.45, 2.75) is 12.2 Å². The van der Waals surface area contributed by atoms with E-state index in [4.69, 9.17) is 0 Å². The van der Waals surface area contributed by atoms with Gasteiger partial charge < -0.3 is 10.2 Å². The molecule has 2 nitrogen and oxygen atoms in total. The van der Waals surface area contributed by atoms with Crippen LogP contribution in [0.15, 0.2) is 72.8 Å². The lowest BCUT2D eigenvalue weighted by molar-refractivity contribution is 0.212. The fraction of sp³-hybridized carbons (Fsp3) is 0.125. The van der Waals surface area contributed by atoms with Crippen LogP contribution in [0, 0.1) is 0 Å². The minimum absolute atomic E-state index is 0.690. The molecule has 0 spiro atoms. The first-order chi connectivity index (χ1) is 8.77. The van der Waals surface area contributed by atoms with E-state index in [2.05, 4.69) is 0 Å². The summed E-state index contributed by atoms with van der Waals surface area (Å²) in [6.45, 7) is 0. The molecule has 0 amide bonds. The Morgan fingerprint density at radius 1 is 0.611 bits per heavy atom. The quantitative estimate of drug-likeness (QED) is 0.806. The van der Waals surface area contributed by atoms with Gasteiger partial charge in [-0.25, -0.2) is 0 Å². The fourth-order valence-electron chi connectivity index (χ4n) is 1.73. The van der Waals surface area contributed by atoms with Crippen molar-refractivity contribution in [1.29, 1.82) is 0 Å². The molecule has 0 saturated carbocycles. The molecule has 2 N–H and O–H groups in total. The van der Waals surface area contributed by atoms with Crippen LogP contribution in [-0.4, -0.2) is 10.2 Å². The molecule has 0 aromatic heterocycles. The maximum absolute atomic E-state index is 9.92.